The van der Waals surface area contributed by atoms with Crippen molar-refractivity contribution in [1.29, 1.82) is 0 Å². The minimum atomic E-state index is -1.08. The van der Waals surface area contributed by atoms with Crippen molar-refractivity contribution in [1.82, 2.24) is 0 Å². The second-order valence-corrected chi connectivity index (χ2v) is 10.8. The molecule has 0 aromatic carbocycles. The molecule has 0 amide bonds. The quantitative estimate of drug-likeness (QED) is 0.0578. The van der Waals surface area contributed by atoms with Crippen molar-refractivity contribution in [3.05, 3.63) is 48.6 Å². The number of carboxylic acid groups (broad SMARTS) is 2. The van der Waals surface area contributed by atoms with E-state index in [2.05, 4.69) is 26.3 Å². The minimum absolute atomic E-state index is 0.0873. The van der Waals surface area contributed by atoms with E-state index in [4.69, 9.17) is 48.1 Å². The van der Waals surface area contributed by atoms with E-state index in [9.17, 15) is 47.9 Å². The number of hydrogen-bond acceptors (Lipinski definition) is 18. The predicted octanol–water partition coefficient (Wildman–Crippen LogP) is 2.12. The average molecular weight is 803 g/mol. The Labute approximate surface area is 323 Å². The predicted molar refractivity (Wildman–Crippen MR) is 190 cm³/mol. The van der Waals surface area contributed by atoms with Crippen molar-refractivity contribution < 1.29 is 96.1 Å². The maximum absolute atomic E-state index is 11.4. The first kappa shape index (κ1) is 54.0. The monoisotopic (exact) mass is 802 g/mol. The lowest BCUT2D eigenvalue weighted by Crippen LogP contribution is -2.17. The van der Waals surface area contributed by atoms with Crippen molar-refractivity contribution in [2.45, 2.75) is 66.2 Å². The molecule has 0 aliphatic heterocycles. The van der Waals surface area contributed by atoms with Gasteiger partial charge < -0.3 is 48.1 Å². The van der Waals surface area contributed by atoms with Gasteiger partial charge in [0.15, 0.2) is 0 Å². The Morgan fingerprint density at radius 3 is 0.625 bits per heavy atom. The highest BCUT2D eigenvalue weighted by Gasteiger charge is 2.12. The summed E-state index contributed by atoms with van der Waals surface area (Å²) in [5, 5.41) is 15.8. The zero-order chi connectivity index (χ0) is 43.6. The smallest absolute Gasteiger partial charge is 0.333 e. The lowest BCUT2D eigenvalue weighted by molar-refractivity contribution is -0.154. The number of aliphatic carboxylic acids is 2. The first-order valence-corrected chi connectivity index (χ1v) is 16.5. The van der Waals surface area contributed by atoms with Crippen LogP contribution in [0.1, 0.15) is 66.2 Å². The van der Waals surface area contributed by atoms with E-state index < -0.39 is 59.7 Å². The highest BCUT2D eigenvalue weighted by molar-refractivity contribution is 5.88. The van der Waals surface area contributed by atoms with Gasteiger partial charge in [-0.1, -0.05) is 26.3 Å². The number of hydrogen-bond donors (Lipinski definition) is 2. The van der Waals surface area contributed by atoms with E-state index in [1.165, 1.54) is 27.7 Å². The molecule has 20 heteroatoms. The molecule has 0 rings (SSSR count). The van der Waals surface area contributed by atoms with Gasteiger partial charge in [-0.25, -0.2) is 19.2 Å². The van der Waals surface area contributed by atoms with Crippen LogP contribution in [0, 0.1) is 0 Å². The van der Waals surface area contributed by atoms with Gasteiger partial charge in [0, 0.05) is 22.3 Å². The van der Waals surface area contributed by atoms with Crippen LogP contribution >= 0.6 is 0 Å². The lowest BCUT2D eigenvalue weighted by Gasteiger charge is -2.07. The van der Waals surface area contributed by atoms with Crippen molar-refractivity contribution in [3.8, 4) is 0 Å². The number of rotatable bonds is 25. The topological polar surface area (TPSA) is 285 Å². The van der Waals surface area contributed by atoms with E-state index in [0.29, 0.717) is 0 Å². The lowest BCUT2D eigenvalue weighted by atomic mass is 10.3. The maximum atomic E-state index is 11.4. The Balaban J connectivity index is -0.000000839. The summed E-state index contributed by atoms with van der Waals surface area (Å²) in [7, 11) is 0. The SMILES string of the molecule is C=C(C)C(=O)OCCOC(=O)CCC(=O)OCCOC(=O)C(=C)C.C=C(C)C(=O)OCCOC(=O)CCC(=O)OCCOC(=O)C(=C)C.O=C(O)CCC(=O)O. The number of carboxylic acids is 2. The molecule has 0 radical (unpaired) electrons. The van der Waals surface area contributed by atoms with Gasteiger partial charge in [0.25, 0.3) is 0 Å². The van der Waals surface area contributed by atoms with E-state index in [1.54, 1.807) is 0 Å². The highest BCUT2D eigenvalue weighted by Crippen LogP contribution is 2.00. The fourth-order valence-electron chi connectivity index (χ4n) is 2.56. The van der Waals surface area contributed by atoms with E-state index in [0.717, 1.165) is 0 Å². The molecule has 0 aliphatic carbocycles. The van der Waals surface area contributed by atoms with Gasteiger partial charge in [0.1, 0.15) is 52.9 Å². The summed E-state index contributed by atoms with van der Waals surface area (Å²) in [5.41, 5.74) is 0.993. The molecule has 0 atom stereocenters. The summed E-state index contributed by atoms with van der Waals surface area (Å²) in [4.78, 5) is 109. The van der Waals surface area contributed by atoms with Crippen LogP contribution in [-0.4, -0.2) is 123 Å². The zero-order valence-corrected chi connectivity index (χ0v) is 32.0. The molecule has 0 aromatic rings. The summed E-state index contributed by atoms with van der Waals surface area (Å²) in [5.74, 6) is -6.90. The molecule has 0 heterocycles. The molecule has 0 saturated carbocycles. The molecular weight excluding hydrogens is 752 g/mol. The summed E-state index contributed by atoms with van der Waals surface area (Å²) < 4.78 is 38.0. The normalized spacial score (nSPS) is 9.43. The Bertz CT molecular complexity index is 1220. The van der Waals surface area contributed by atoms with Crippen LogP contribution in [0.15, 0.2) is 48.6 Å². The van der Waals surface area contributed by atoms with Crippen molar-refractivity contribution >= 4 is 59.7 Å². The van der Waals surface area contributed by atoms with Gasteiger partial charge in [-0.05, 0) is 27.7 Å². The molecule has 314 valence electrons. The number of carbonyl (C=O) groups excluding carboxylic acids is 8. The van der Waals surface area contributed by atoms with Gasteiger partial charge in [-0.2, -0.15) is 0 Å². The molecule has 0 saturated heterocycles. The third-order valence-electron chi connectivity index (χ3n) is 5.33. The van der Waals surface area contributed by atoms with Crippen LogP contribution in [0.25, 0.3) is 0 Å². The van der Waals surface area contributed by atoms with Crippen molar-refractivity contribution in [3.63, 3.8) is 0 Å². The zero-order valence-electron chi connectivity index (χ0n) is 32.0. The maximum Gasteiger partial charge on any atom is 0.333 e. The molecule has 0 aliphatic rings. The summed E-state index contributed by atoms with van der Waals surface area (Å²) >= 11 is 0. The van der Waals surface area contributed by atoms with E-state index in [1.807, 2.05) is 0 Å². The van der Waals surface area contributed by atoms with Gasteiger partial charge in [-0.3, -0.25) is 28.8 Å². The van der Waals surface area contributed by atoms with E-state index in [-0.39, 0.29) is 114 Å². The average Bonchev–Trinajstić information content (AvgIpc) is 3.12. The van der Waals surface area contributed by atoms with Gasteiger partial charge in [-0.15, -0.1) is 0 Å². The molecule has 0 unspecified atom stereocenters. The first-order valence-electron chi connectivity index (χ1n) is 16.5. The summed E-state index contributed by atoms with van der Waals surface area (Å²) in [6.45, 7) is 18.8. The fraction of sp³-hybridized carbons (Fsp3) is 0.500. The molecule has 0 fully saturated rings. The second kappa shape index (κ2) is 33.2. The highest BCUT2D eigenvalue weighted by atomic mass is 16.6. The summed E-state index contributed by atoms with van der Waals surface area (Å²) in [6, 6.07) is 0. The third-order valence-corrected chi connectivity index (χ3v) is 5.33. The molecule has 0 aromatic heterocycles. The number of esters is 8. The van der Waals surface area contributed by atoms with Gasteiger partial charge in [0.2, 0.25) is 0 Å². The van der Waals surface area contributed by atoms with Crippen molar-refractivity contribution in [2.75, 3.05) is 52.9 Å². The Morgan fingerprint density at radius 1 is 0.321 bits per heavy atom. The third kappa shape index (κ3) is 37.4. The van der Waals surface area contributed by atoms with E-state index >= 15 is 0 Å². The number of ether oxygens (including phenoxy) is 8. The molecule has 56 heavy (non-hydrogen) atoms. The Hall–Kier alpha value is -6.34. The van der Waals surface area contributed by atoms with Crippen LogP contribution in [0.2, 0.25) is 0 Å². The van der Waals surface area contributed by atoms with Crippen LogP contribution < -0.4 is 0 Å². The molecule has 0 spiro atoms. The molecular formula is C36H50O20. The van der Waals surface area contributed by atoms with Crippen LogP contribution in [0.5, 0.6) is 0 Å². The van der Waals surface area contributed by atoms with Crippen molar-refractivity contribution in [2.24, 2.45) is 0 Å². The van der Waals surface area contributed by atoms with Gasteiger partial charge in [0.05, 0.1) is 38.5 Å². The van der Waals surface area contributed by atoms with Gasteiger partial charge >= 0.3 is 59.7 Å². The minimum Gasteiger partial charge on any atom is -0.481 e. The Morgan fingerprint density at radius 2 is 0.482 bits per heavy atom. The second-order valence-electron chi connectivity index (χ2n) is 10.8. The molecule has 0 bridgehead atoms. The Kier molecular flexibility index (Phi) is 32.1. The molecule has 20 nitrogen and oxygen atoms in total. The standard InChI is InChI=1S/2C16H22O8.C4H6O4/c2*1-11(2)15(19)23-9-7-21-13(17)5-6-14(18)22-8-10-24-16(20)12(3)4;5-3(6)1-2-4(7)8/h2*1,3,5-10H2,2,4H3;1-2H2,(H,5,6)(H,7,8). The largest absolute Gasteiger partial charge is 0.481 e. The van der Waals surface area contributed by atoms with Crippen LogP contribution in [0.3, 0.4) is 0 Å². The first-order chi connectivity index (χ1) is 26.1. The molecule has 2 N–H and O–H groups in total. The van der Waals surface area contributed by atoms with Crippen LogP contribution in [0.4, 0.5) is 0 Å². The van der Waals surface area contributed by atoms with Crippen LogP contribution in [-0.2, 0) is 85.8 Å². The summed E-state index contributed by atoms with van der Waals surface area (Å²) in [6.07, 6.45) is -1.26. The number of carbonyl (C=O) groups is 10. The fourth-order valence-corrected chi connectivity index (χ4v) is 2.56.